The van der Waals surface area contributed by atoms with Crippen molar-refractivity contribution in [2.45, 2.75) is 18.9 Å². The van der Waals surface area contributed by atoms with Gasteiger partial charge in [-0.2, -0.15) is 0 Å². The first-order chi connectivity index (χ1) is 10.1. The highest BCUT2D eigenvalue weighted by atomic mass is 19.1. The third kappa shape index (κ3) is 4.24. The number of ether oxygens (including phenoxy) is 1. The highest BCUT2D eigenvalue weighted by Crippen LogP contribution is 2.17. The molecule has 0 heterocycles. The zero-order valence-corrected chi connectivity index (χ0v) is 11.8. The van der Waals surface area contributed by atoms with Gasteiger partial charge in [-0.05, 0) is 54.3 Å². The van der Waals surface area contributed by atoms with Crippen molar-refractivity contribution in [2.24, 2.45) is 5.84 Å². The highest BCUT2D eigenvalue weighted by molar-refractivity contribution is 5.29. The molecule has 2 aromatic carbocycles. The van der Waals surface area contributed by atoms with Crippen molar-refractivity contribution >= 4 is 0 Å². The molecule has 1 atom stereocenters. The Morgan fingerprint density at radius 2 is 1.95 bits per heavy atom. The predicted octanol–water partition coefficient (Wildman–Crippen LogP) is 2.59. The normalized spacial score (nSPS) is 12.2. The van der Waals surface area contributed by atoms with Gasteiger partial charge in [-0.3, -0.25) is 11.3 Å². The lowest BCUT2D eigenvalue weighted by Gasteiger charge is -2.17. The molecule has 1 unspecified atom stereocenters. The molecule has 0 radical (unpaired) electrons. The minimum Gasteiger partial charge on any atom is -0.497 e. The van der Waals surface area contributed by atoms with Gasteiger partial charge < -0.3 is 4.74 Å². The molecule has 3 N–H and O–H groups in total. The van der Waals surface area contributed by atoms with Crippen LogP contribution in [-0.4, -0.2) is 13.2 Å². The largest absolute Gasteiger partial charge is 0.497 e. The van der Waals surface area contributed by atoms with Crippen LogP contribution in [0.4, 0.5) is 8.78 Å². The second-order valence-electron chi connectivity index (χ2n) is 4.86. The molecule has 2 rings (SSSR count). The van der Waals surface area contributed by atoms with Crippen LogP contribution in [0.5, 0.6) is 5.75 Å². The lowest BCUT2D eigenvalue weighted by molar-refractivity contribution is 0.413. The summed E-state index contributed by atoms with van der Waals surface area (Å²) in [6.45, 7) is 0. The van der Waals surface area contributed by atoms with Gasteiger partial charge in [-0.1, -0.05) is 12.1 Å². The summed E-state index contributed by atoms with van der Waals surface area (Å²) in [4.78, 5) is 0. The molecule has 0 aliphatic rings. The molecule has 0 aliphatic carbocycles. The van der Waals surface area contributed by atoms with Gasteiger partial charge in [0.1, 0.15) is 17.4 Å². The van der Waals surface area contributed by atoms with Crippen molar-refractivity contribution in [3.8, 4) is 5.75 Å². The molecule has 0 aromatic heterocycles. The Labute approximate surface area is 122 Å². The molecule has 0 spiro atoms. The fourth-order valence-corrected chi connectivity index (χ4v) is 2.24. The summed E-state index contributed by atoms with van der Waals surface area (Å²) in [6.07, 6.45) is 0.890. The van der Waals surface area contributed by atoms with E-state index in [1.54, 1.807) is 7.11 Å². The van der Waals surface area contributed by atoms with Crippen LogP contribution in [-0.2, 0) is 12.8 Å². The van der Waals surface area contributed by atoms with Gasteiger partial charge >= 0.3 is 0 Å². The van der Waals surface area contributed by atoms with Crippen molar-refractivity contribution in [2.75, 3.05) is 7.11 Å². The molecule has 3 nitrogen and oxygen atoms in total. The van der Waals surface area contributed by atoms with Crippen molar-refractivity contribution in [1.29, 1.82) is 0 Å². The van der Waals surface area contributed by atoms with E-state index >= 15 is 0 Å². The number of benzene rings is 2. The van der Waals surface area contributed by atoms with Gasteiger partial charge in [0.2, 0.25) is 0 Å². The number of hydrazine groups is 1. The zero-order valence-electron chi connectivity index (χ0n) is 11.8. The van der Waals surface area contributed by atoms with Gasteiger partial charge in [0.25, 0.3) is 0 Å². The summed E-state index contributed by atoms with van der Waals surface area (Å²) in [7, 11) is 1.60. The second kappa shape index (κ2) is 7.15. The minimum atomic E-state index is -0.455. The third-order valence-corrected chi connectivity index (χ3v) is 3.33. The lowest BCUT2D eigenvalue weighted by Crippen LogP contribution is -2.38. The Kier molecular flexibility index (Phi) is 5.25. The van der Waals surface area contributed by atoms with E-state index < -0.39 is 11.6 Å². The van der Waals surface area contributed by atoms with Crippen LogP contribution in [0.3, 0.4) is 0 Å². The van der Waals surface area contributed by atoms with Crippen LogP contribution < -0.4 is 16.0 Å². The van der Waals surface area contributed by atoms with Gasteiger partial charge in [0, 0.05) is 6.04 Å². The fourth-order valence-electron chi connectivity index (χ4n) is 2.24. The quantitative estimate of drug-likeness (QED) is 0.635. The molecule has 0 saturated carbocycles. The maximum Gasteiger partial charge on any atom is 0.126 e. The Morgan fingerprint density at radius 1 is 1.14 bits per heavy atom. The maximum absolute atomic E-state index is 13.7. The Balaban J connectivity index is 2.10. The van der Waals surface area contributed by atoms with Crippen LogP contribution in [0.25, 0.3) is 0 Å². The second-order valence-corrected chi connectivity index (χ2v) is 4.86. The number of hydrogen-bond acceptors (Lipinski definition) is 3. The van der Waals surface area contributed by atoms with Crippen molar-refractivity contribution < 1.29 is 13.5 Å². The summed E-state index contributed by atoms with van der Waals surface area (Å²) in [6, 6.07) is 10.8. The lowest BCUT2D eigenvalue weighted by atomic mass is 9.99. The van der Waals surface area contributed by atoms with Gasteiger partial charge in [-0.15, -0.1) is 0 Å². The van der Waals surface area contributed by atoms with E-state index in [1.807, 2.05) is 24.3 Å². The van der Waals surface area contributed by atoms with E-state index in [-0.39, 0.29) is 6.04 Å². The summed E-state index contributed by atoms with van der Waals surface area (Å²) < 4.78 is 32.0. The fraction of sp³-hybridized carbons (Fsp3) is 0.250. The average Bonchev–Trinajstić information content (AvgIpc) is 2.50. The number of halogens is 2. The van der Waals surface area contributed by atoms with Crippen LogP contribution in [0.2, 0.25) is 0 Å². The topological polar surface area (TPSA) is 47.3 Å². The van der Waals surface area contributed by atoms with E-state index in [2.05, 4.69) is 5.43 Å². The standard InChI is InChI=1S/C16H18F2N2O/c1-21-15-4-2-3-11(8-15)7-14(20-19)10-12-9-13(17)5-6-16(12)18/h2-6,8-9,14,20H,7,10,19H2,1H3. The molecule has 21 heavy (non-hydrogen) atoms. The predicted molar refractivity (Wildman–Crippen MR) is 77.9 cm³/mol. The molecule has 2 aromatic rings. The Hall–Kier alpha value is -1.98. The van der Waals surface area contributed by atoms with E-state index in [4.69, 9.17) is 10.6 Å². The number of hydrogen-bond donors (Lipinski definition) is 2. The van der Waals surface area contributed by atoms with E-state index in [1.165, 1.54) is 6.07 Å². The van der Waals surface area contributed by atoms with Crippen LogP contribution >= 0.6 is 0 Å². The van der Waals surface area contributed by atoms with Crippen LogP contribution in [0, 0.1) is 11.6 Å². The molecule has 0 bridgehead atoms. The number of nitrogens with two attached hydrogens (primary N) is 1. The molecule has 112 valence electrons. The van der Waals surface area contributed by atoms with Crippen molar-refractivity contribution in [1.82, 2.24) is 5.43 Å². The van der Waals surface area contributed by atoms with E-state index in [9.17, 15) is 8.78 Å². The summed E-state index contributed by atoms with van der Waals surface area (Å²) >= 11 is 0. The van der Waals surface area contributed by atoms with Gasteiger partial charge in [-0.25, -0.2) is 8.78 Å². The van der Waals surface area contributed by atoms with Gasteiger partial charge in [0.15, 0.2) is 0 Å². The third-order valence-electron chi connectivity index (χ3n) is 3.33. The SMILES string of the molecule is COc1cccc(CC(Cc2cc(F)ccc2F)NN)c1. The smallest absolute Gasteiger partial charge is 0.126 e. The minimum absolute atomic E-state index is 0.201. The number of nitrogens with one attached hydrogen (secondary N) is 1. The van der Waals surface area contributed by atoms with Crippen LogP contribution in [0.15, 0.2) is 42.5 Å². The molecular weight excluding hydrogens is 274 g/mol. The zero-order chi connectivity index (χ0) is 15.2. The summed E-state index contributed by atoms with van der Waals surface area (Å²) in [5, 5.41) is 0. The molecule has 0 amide bonds. The molecule has 0 fully saturated rings. The van der Waals surface area contributed by atoms with Crippen molar-refractivity contribution in [3.05, 3.63) is 65.2 Å². The van der Waals surface area contributed by atoms with E-state index in [0.717, 1.165) is 23.4 Å². The molecule has 0 aliphatic heterocycles. The Bertz CT molecular complexity index is 605. The Morgan fingerprint density at radius 3 is 2.67 bits per heavy atom. The summed E-state index contributed by atoms with van der Waals surface area (Å²) in [5.74, 6) is 5.40. The van der Waals surface area contributed by atoms with Gasteiger partial charge in [0.05, 0.1) is 7.11 Å². The highest BCUT2D eigenvalue weighted by Gasteiger charge is 2.13. The molecule has 5 heteroatoms. The van der Waals surface area contributed by atoms with Crippen LogP contribution in [0.1, 0.15) is 11.1 Å². The first kappa shape index (κ1) is 15.4. The van der Waals surface area contributed by atoms with Crippen molar-refractivity contribution in [3.63, 3.8) is 0 Å². The monoisotopic (exact) mass is 292 g/mol. The maximum atomic E-state index is 13.7. The first-order valence-corrected chi connectivity index (χ1v) is 6.65. The number of rotatable bonds is 6. The average molecular weight is 292 g/mol. The van der Waals surface area contributed by atoms with E-state index in [0.29, 0.717) is 18.4 Å². The first-order valence-electron chi connectivity index (χ1n) is 6.65. The number of methoxy groups -OCH3 is 1. The molecular formula is C16H18F2N2O. The summed E-state index contributed by atoms with van der Waals surface area (Å²) in [5.41, 5.74) is 3.97. The molecule has 0 saturated heterocycles.